The van der Waals surface area contributed by atoms with Gasteiger partial charge in [-0.1, -0.05) is 24.3 Å². The molecule has 1 aromatic rings. The zero-order valence-electron chi connectivity index (χ0n) is 13.1. The fraction of sp³-hybridized carbons (Fsp3) is 0.500. The third kappa shape index (κ3) is 6.79. The summed E-state index contributed by atoms with van der Waals surface area (Å²) in [5, 5.41) is 2.72. The van der Waals surface area contributed by atoms with Gasteiger partial charge in [0.15, 0.2) is 0 Å². The third-order valence-electron chi connectivity index (χ3n) is 2.77. The third-order valence-corrected chi connectivity index (χ3v) is 2.77. The van der Waals surface area contributed by atoms with Crippen molar-refractivity contribution in [3.8, 4) is 0 Å². The zero-order valence-corrected chi connectivity index (χ0v) is 13.1. The van der Waals surface area contributed by atoms with Crippen LogP contribution in [0.4, 0.5) is 4.79 Å². The smallest absolute Gasteiger partial charge is 0.407 e. The van der Waals surface area contributed by atoms with Crippen molar-refractivity contribution in [3.63, 3.8) is 0 Å². The molecule has 0 atom stereocenters. The number of alkyl carbamates (subject to hydrolysis) is 1. The van der Waals surface area contributed by atoms with E-state index in [1.54, 1.807) is 0 Å². The molecule has 0 radical (unpaired) electrons. The van der Waals surface area contributed by atoms with Crippen molar-refractivity contribution in [3.05, 3.63) is 35.4 Å². The van der Waals surface area contributed by atoms with Crippen LogP contribution in [0.2, 0.25) is 0 Å². The van der Waals surface area contributed by atoms with E-state index in [0.29, 0.717) is 19.4 Å². The summed E-state index contributed by atoms with van der Waals surface area (Å²) in [6.07, 6.45) is 0.448. The lowest BCUT2D eigenvalue weighted by Crippen LogP contribution is -2.32. The van der Waals surface area contributed by atoms with Gasteiger partial charge in [-0.25, -0.2) is 4.79 Å². The molecule has 0 aromatic heterocycles. The molecule has 0 bridgehead atoms. The lowest BCUT2D eigenvalue weighted by molar-refractivity contribution is -0.140. The predicted molar refractivity (Wildman–Crippen MR) is 79.9 cm³/mol. The highest BCUT2D eigenvalue weighted by Gasteiger charge is 2.16. The van der Waals surface area contributed by atoms with Crippen LogP contribution >= 0.6 is 0 Å². The number of rotatable bonds is 5. The Bertz CT molecular complexity index is 491. The number of carbonyl (C=O) groups excluding carboxylic acids is 2. The van der Waals surface area contributed by atoms with E-state index >= 15 is 0 Å². The summed E-state index contributed by atoms with van der Waals surface area (Å²) >= 11 is 0. The van der Waals surface area contributed by atoms with E-state index in [-0.39, 0.29) is 5.97 Å². The number of hydrogen-bond donors (Lipinski definition) is 1. The summed E-state index contributed by atoms with van der Waals surface area (Å²) < 4.78 is 9.83. The van der Waals surface area contributed by atoms with Crippen molar-refractivity contribution in [2.75, 3.05) is 7.11 Å². The van der Waals surface area contributed by atoms with Crippen LogP contribution < -0.4 is 5.32 Å². The summed E-state index contributed by atoms with van der Waals surface area (Å²) in [6.45, 7) is 5.82. The van der Waals surface area contributed by atoms with Gasteiger partial charge in [0.25, 0.3) is 0 Å². The first-order valence-electron chi connectivity index (χ1n) is 6.92. The first kappa shape index (κ1) is 17.0. The lowest BCUT2D eigenvalue weighted by Gasteiger charge is -2.20. The topological polar surface area (TPSA) is 64.6 Å². The number of methoxy groups -OCH3 is 1. The maximum atomic E-state index is 11.6. The number of ether oxygens (including phenoxy) is 2. The van der Waals surface area contributed by atoms with E-state index < -0.39 is 11.7 Å². The van der Waals surface area contributed by atoms with Crippen molar-refractivity contribution in [1.82, 2.24) is 5.32 Å². The van der Waals surface area contributed by atoms with Gasteiger partial charge >= 0.3 is 12.1 Å². The Morgan fingerprint density at radius 3 is 2.33 bits per heavy atom. The average molecular weight is 293 g/mol. The highest BCUT2D eigenvalue weighted by Crippen LogP contribution is 2.12. The molecule has 0 aliphatic rings. The molecule has 1 aromatic carbocycles. The fourth-order valence-corrected chi connectivity index (χ4v) is 1.79. The van der Waals surface area contributed by atoms with Gasteiger partial charge in [-0.3, -0.25) is 4.79 Å². The highest BCUT2D eigenvalue weighted by atomic mass is 16.6. The van der Waals surface area contributed by atoms with Gasteiger partial charge in [-0.15, -0.1) is 0 Å². The normalized spacial score (nSPS) is 10.9. The molecule has 5 nitrogen and oxygen atoms in total. The van der Waals surface area contributed by atoms with Gasteiger partial charge in [-0.05, 0) is 38.3 Å². The average Bonchev–Trinajstić information content (AvgIpc) is 2.41. The molecule has 0 saturated carbocycles. The summed E-state index contributed by atoms with van der Waals surface area (Å²) in [5.41, 5.74) is 1.46. The number of esters is 1. The van der Waals surface area contributed by atoms with Crippen molar-refractivity contribution >= 4 is 12.1 Å². The molecule has 21 heavy (non-hydrogen) atoms. The van der Waals surface area contributed by atoms with Crippen LogP contribution in [0.15, 0.2) is 24.3 Å². The van der Waals surface area contributed by atoms with Gasteiger partial charge in [0.05, 0.1) is 7.11 Å². The Kier molecular flexibility index (Phi) is 6.21. The van der Waals surface area contributed by atoms with Crippen molar-refractivity contribution in [2.45, 2.75) is 45.8 Å². The Balaban J connectivity index is 2.59. The fourth-order valence-electron chi connectivity index (χ4n) is 1.79. The van der Waals surface area contributed by atoms with E-state index in [9.17, 15) is 9.59 Å². The van der Waals surface area contributed by atoms with Crippen molar-refractivity contribution in [1.29, 1.82) is 0 Å². The summed E-state index contributed by atoms with van der Waals surface area (Å²) in [4.78, 5) is 22.9. The SMILES string of the molecule is COC(=O)CCc1ccccc1CNC(=O)OC(C)(C)C. The minimum atomic E-state index is -0.519. The van der Waals surface area contributed by atoms with Gasteiger partial charge in [0, 0.05) is 13.0 Å². The number of carbonyl (C=O) groups is 2. The highest BCUT2D eigenvalue weighted by molar-refractivity contribution is 5.69. The predicted octanol–water partition coefficient (Wildman–Crippen LogP) is 2.82. The molecular weight excluding hydrogens is 270 g/mol. The number of hydrogen-bond acceptors (Lipinski definition) is 4. The second kappa shape index (κ2) is 7.67. The molecule has 0 spiro atoms. The first-order valence-corrected chi connectivity index (χ1v) is 6.92. The Morgan fingerprint density at radius 2 is 1.76 bits per heavy atom. The quantitative estimate of drug-likeness (QED) is 0.848. The Morgan fingerprint density at radius 1 is 1.14 bits per heavy atom. The van der Waals surface area contributed by atoms with Crippen LogP contribution in [-0.2, 0) is 27.2 Å². The van der Waals surface area contributed by atoms with E-state index in [1.807, 2.05) is 45.0 Å². The minimum Gasteiger partial charge on any atom is -0.469 e. The molecule has 0 aliphatic heterocycles. The van der Waals surface area contributed by atoms with Gasteiger partial charge in [0.1, 0.15) is 5.60 Å². The summed E-state index contributed by atoms with van der Waals surface area (Å²) in [7, 11) is 1.37. The van der Waals surface area contributed by atoms with E-state index in [4.69, 9.17) is 4.74 Å². The second-order valence-corrected chi connectivity index (χ2v) is 5.70. The standard InChI is InChI=1S/C16H23NO4/c1-16(2,3)21-15(19)17-11-13-8-6-5-7-12(13)9-10-14(18)20-4/h5-8H,9-11H2,1-4H3,(H,17,19). The van der Waals surface area contributed by atoms with Gasteiger partial charge in [-0.2, -0.15) is 0 Å². The monoisotopic (exact) mass is 293 g/mol. The van der Waals surface area contributed by atoms with Crippen LogP contribution in [0.1, 0.15) is 38.3 Å². The molecule has 1 N–H and O–H groups in total. The summed E-state index contributed by atoms with van der Waals surface area (Å²) in [6, 6.07) is 7.66. The van der Waals surface area contributed by atoms with Crippen LogP contribution in [-0.4, -0.2) is 24.8 Å². The zero-order chi connectivity index (χ0) is 15.9. The van der Waals surface area contributed by atoms with Gasteiger partial charge in [0.2, 0.25) is 0 Å². The summed E-state index contributed by atoms with van der Waals surface area (Å²) in [5.74, 6) is -0.245. The number of nitrogens with one attached hydrogen (secondary N) is 1. The molecule has 0 saturated heterocycles. The molecular formula is C16H23NO4. The van der Waals surface area contributed by atoms with E-state index in [2.05, 4.69) is 10.1 Å². The Labute approximate surface area is 125 Å². The molecule has 0 aliphatic carbocycles. The first-order chi connectivity index (χ1) is 9.81. The molecule has 1 amide bonds. The van der Waals surface area contributed by atoms with Crippen LogP contribution in [0.3, 0.4) is 0 Å². The molecule has 116 valence electrons. The van der Waals surface area contributed by atoms with Crippen LogP contribution in [0, 0.1) is 0 Å². The van der Waals surface area contributed by atoms with Gasteiger partial charge < -0.3 is 14.8 Å². The molecule has 5 heteroatoms. The maximum Gasteiger partial charge on any atom is 0.407 e. The van der Waals surface area contributed by atoms with Crippen LogP contribution in [0.25, 0.3) is 0 Å². The van der Waals surface area contributed by atoms with E-state index in [0.717, 1.165) is 11.1 Å². The van der Waals surface area contributed by atoms with Crippen LogP contribution in [0.5, 0.6) is 0 Å². The Hall–Kier alpha value is -2.04. The lowest BCUT2D eigenvalue weighted by atomic mass is 10.0. The van der Waals surface area contributed by atoms with E-state index in [1.165, 1.54) is 7.11 Å². The largest absolute Gasteiger partial charge is 0.469 e. The van der Waals surface area contributed by atoms with Crippen molar-refractivity contribution < 1.29 is 19.1 Å². The number of amides is 1. The minimum absolute atomic E-state index is 0.245. The van der Waals surface area contributed by atoms with Crippen molar-refractivity contribution in [2.24, 2.45) is 0 Å². The molecule has 0 heterocycles. The molecule has 0 fully saturated rings. The number of aryl methyl sites for hydroxylation is 1. The molecule has 1 rings (SSSR count). The maximum absolute atomic E-state index is 11.6. The molecule has 0 unspecified atom stereocenters. The number of benzene rings is 1. The second-order valence-electron chi connectivity index (χ2n) is 5.70.